The summed E-state index contributed by atoms with van der Waals surface area (Å²) in [5, 5.41) is 11.3. The van der Waals surface area contributed by atoms with Crippen LogP contribution in [0.1, 0.15) is 24.0 Å². The van der Waals surface area contributed by atoms with Crippen molar-refractivity contribution in [1.82, 2.24) is 0 Å². The highest BCUT2D eigenvalue weighted by molar-refractivity contribution is 9.10. The summed E-state index contributed by atoms with van der Waals surface area (Å²) in [5.74, 6) is -1.32. The zero-order valence-corrected chi connectivity index (χ0v) is 12.5. The van der Waals surface area contributed by atoms with Gasteiger partial charge in [-0.05, 0) is 43.5 Å². The third-order valence-electron chi connectivity index (χ3n) is 2.75. The van der Waals surface area contributed by atoms with Gasteiger partial charge in [0, 0.05) is 16.6 Å². The van der Waals surface area contributed by atoms with Crippen LogP contribution < -0.4 is 11.1 Å². The molecule has 4 N–H and O–H groups in total. The summed E-state index contributed by atoms with van der Waals surface area (Å²) in [6.45, 7) is 3.77. The third kappa shape index (κ3) is 4.65. The van der Waals surface area contributed by atoms with Crippen LogP contribution in [-0.2, 0) is 9.59 Å². The number of rotatable bonds is 5. The van der Waals surface area contributed by atoms with Gasteiger partial charge in [-0.2, -0.15) is 0 Å². The van der Waals surface area contributed by atoms with E-state index in [0.717, 1.165) is 21.3 Å². The number of amides is 1. The number of nitrogens with one attached hydrogen (secondary N) is 1. The summed E-state index contributed by atoms with van der Waals surface area (Å²) in [6.07, 6.45) is 0.00266. The molecule has 1 atom stereocenters. The lowest BCUT2D eigenvalue weighted by atomic mass is 10.1. The van der Waals surface area contributed by atoms with E-state index in [9.17, 15) is 9.59 Å². The topological polar surface area (TPSA) is 92.4 Å². The molecule has 1 amide bonds. The number of aryl methyl sites for hydroxylation is 2. The molecule has 1 rings (SSSR count). The van der Waals surface area contributed by atoms with Crippen LogP contribution in [0.3, 0.4) is 0 Å². The van der Waals surface area contributed by atoms with E-state index in [-0.39, 0.29) is 18.7 Å². The maximum atomic E-state index is 11.9. The number of carboxylic acid groups (broad SMARTS) is 1. The second kappa shape index (κ2) is 6.68. The number of carbonyl (C=O) groups excluding carboxylic acids is 1. The minimum Gasteiger partial charge on any atom is -0.481 e. The zero-order valence-electron chi connectivity index (χ0n) is 10.9. The predicted molar refractivity (Wildman–Crippen MR) is 77.1 cm³/mol. The Labute approximate surface area is 120 Å². The van der Waals surface area contributed by atoms with Crippen molar-refractivity contribution in [2.24, 2.45) is 5.73 Å². The smallest absolute Gasteiger partial charge is 0.303 e. The summed E-state index contributed by atoms with van der Waals surface area (Å²) in [7, 11) is 0. The van der Waals surface area contributed by atoms with E-state index in [1.54, 1.807) is 0 Å². The van der Waals surface area contributed by atoms with Crippen LogP contribution >= 0.6 is 15.9 Å². The second-order valence-corrected chi connectivity index (χ2v) is 5.36. The number of hydrogen-bond acceptors (Lipinski definition) is 3. The molecular formula is C13H17BrN2O3. The maximum absolute atomic E-state index is 11.9. The van der Waals surface area contributed by atoms with Crippen LogP contribution in [0.4, 0.5) is 5.69 Å². The van der Waals surface area contributed by atoms with Gasteiger partial charge in [-0.25, -0.2) is 0 Å². The third-order valence-corrected chi connectivity index (χ3v) is 3.21. The number of carboxylic acids is 1. The van der Waals surface area contributed by atoms with Crippen molar-refractivity contribution in [3.05, 3.63) is 27.7 Å². The average Bonchev–Trinajstić information content (AvgIpc) is 2.30. The minimum atomic E-state index is -0.959. The number of carbonyl (C=O) groups is 2. The summed E-state index contributed by atoms with van der Waals surface area (Å²) in [6, 6.07) is 2.97. The van der Waals surface area contributed by atoms with Crippen molar-refractivity contribution >= 4 is 33.5 Å². The normalized spacial score (nSPS) is 12.0. The van der Waals surface area contributed by atoms with E-state index < -0.39 is 12.0 Å². The number of aliphatic carboxylic acids is 1. The first-order chi connectivity index (χ1) is 8.81. The lowest BCUT2D eigenvalue weighted by Gasteiger charge is -2.15. The molecule has 1 unspecified atom stereocenters. The second-order valence-electron chi connectivity index (χ2n) is 4.44. The van der Waals surface area contributed by atoms with Gasteiger partial charge in [-0.1, -0.05) is 15.9 Å². The molecule has 0 fully saturated rings. The van der Waals surface area contributed by atoms with Crippen molar-refractivity contribution in [3.8, 4) is 0 Å². The highest BCUT2D eigenvalue weighted by Crippen LogP contribution is 2.25. The Bertz CT molecular complexity index is 480. The molecule has 0 aliphatic rings. The quantitative estimate of drug-likeness (QED) is 0.772. The monoisotopic (exact) mass is 328 g/mol. The van der Waals surface area contributed by atoms with E-state index in [0.29, 0.717) is 0 Å². The molecule has 0 spiro atoms. The number of anilines is 1. The van der Waals surface area contributed by atoms with Gasteiger partial charge < -0.3 is 16.2 Å². The van der Waals surface area contributed by atoms with Crippen LogP contribution in [0.2, 0.25) is 0 Å². The highest BCUT2D eigenvalue weighted by atomic mass is 79.9. The standard InChI is InChI=1S/C13H17BrN2O3/c1-7-5-9(14)6-8(2)12(7)16-13(19)10(15)3-4-11(17)18/h5-6,10H,3-4,15H2,1-2H3,(H,16,19)(H,17,18). The first-order valence-corrected chi connectivity index (χ1v) is 6.65. The van der Waals surface area contributed by atoms with Crippen molar-refractivity contribution in [1.29, 1.82) is 0 Å². The largest absolute Gasteiger partial charge is 0.481 e. The van der Waals surface area contributed by atoms with Crippen molar-refractivity contribution in [3.63, 3.8) is 0 Å². The number of benzene rings is 1. The van der Waals surface area contributed by atoms with E-state index >= 15 is 0 Å². The lowest BCUT2D eigenvalue weighted by molar-refractivity contribution is -0.137. The van der Waals surface area contributed by atoms with Gasteiger partial charge >= 0.3 is 5.97 Å². The molecule has 5 nitrogen and oxygen atoms in total. The Hall–Kier alpha value is -1.40. The van der Waals surface area contributed by atoms with Gasteiger partial charge in [0.05, 0.1) is 6.04 Å². The Balaban J connectivity index is 2.74. The first kappa shape index (κ1) is 15.7. The van der Waals surface area contributed by atoms with E-state index in [1.165, 1.54) is 0 Å². The minimum absolute atomic E-state index is 0.118. The fraction of sp³-hybridized carbons (Fsp3) is 0.385. The molecule has 0 saturated carbocycles. The molecule has 0 aliphatic heterocycles. The molecule has 1 aromatic rings. The molecule has 0 radical (unpaired) electrons. The highest BCUT2D eigenvalue weighted by Gasteiger charge is 2.16. The summed E-state index contributed by atoms with van der Waals surface area (Å²) >= 11 is 3.38. The molecule has 1 aromatic carbocycles. The van der Waals surface area contributed by atoms with Crippen molar-refractivity contribution < 1.29 is 14.7 Å². The zero-order chi connectivity index (χ0) is 14.6. The molecule has 104 valence electrons. The Morgan fingerprint density at radius 1 is 1.37 bits per heavy atom. The van der Waals surface area contributed by atoms with Crippen LogP contribution in [0, 0.1) is 13.8 Å². The van der Waals surface area contributed by atoms with Gasteiger partial charge in [0.15, 0.2) is 0 Å². The molecule has 0 heterocycles. The Morgan fingerprint density at radius 2 is 1.89 bits per heavy atom. The predicted octanol–water partition coefficient (Wildman–Crippen LogP) is 2.20. The van der Waals surface area contributed by atoms with Gasteiger partial charge in [0.25, 0.3) is 0 Å². The van der Waals surface area contributed by atoms with E-state index in [4.69, 9.17) is 10.8 Å². The molecule has 0 saturated heterocycles. The van der Waals surface area contributed by atoms with Crippen LogP contribution in [0.25, 0.3) is 0 Å². The average molecular weight is 329 g/mol. The number of nitrogens with two attached hydrogens (primary N) is 1. The van der Waals surface area contributed by atoms with Gasteiger partial charge in [0.2, 0.25) is 5.91 Å². The number of halogens is 1. The van der Waals surface area contributed by atoms with E-state index in [1.807, 2.05) is 26.0 Å². The Morgan fingerprint density at radius 3 is 2.37 bits per heavy atom. The van der Waals surface area contributed by atoms with E-state index in [2.05, 4.69) is 21.2 Å². The first-order valence-electron chi connectivity index (χ1n) is 5.86. The molecule has 6 heteroatoms. The van der Waals surface area contributed by atoms with Crippen LogP contribution in [-0.4, -0.2) is 23.0 Å². The summed E-state index contributed by atoms with van der Waals surface area (Å²) < 4.78 is 0.940. The Kier molecular flexibility index (Phi) is 5.50. The van der Waals surface area contributed by atoms with Crippen molar-refractivity contribution in [2.75, 3.05) is 5.32 Å². The van der Waals surface area contributed by atoms with Crippen LogP contribution in [0.15, 0.2) is 16.6 Å². The SMILES string of the molecule is Cc1cc(Br)cc(C)c1NC(=O)C(N)CCC(=O)O. The molecular weight excluding hydrogens is 312 g/mol. The summed E-state index contributed by atoms with van der Waals surface area (Å²) in [4.78, 5) is 22.3. The molecule has 0 aromatic heterocycles. The number of hydrogen-bond donors (Lipinski definition) is 3. The maximum Gasteiger partial charge on any atom is 0.303 e. The van der Waals surface area contributed by atoms with Gasteiger partial charge in [-0.3, -0.25) is 9.59 Å². The van der Waals surface area contributed by atoms with Gasteiger partial charge in [0.1, 0.15) is 0 Å². The van der Waals surface area contributed by atoms with Crippen molar-refractivity contribution in [2.45, 2.75) is 32.7 Å². The lowest BCUT2D eigenvalue weighted by Crippen LogP contribution is -2.36. The fourth-order valence-corrected chi connectivity index (χ4v) is 2.42. The molecule has 19 heavy (non-hydrogen) atoms. The fourth-order valence-electron chi connectivity index (χ4n) is 1.73. The summed E-state index contributed by atoms with van der Waals surface area (Å²) in [5.41, 5.74) is 8.22. The van der Waals surface area contributed by atoms with Crippen LogP contribution in [0.5, 0.6) is 0 Å². The molecule has 0 bridgehead atoms. The van der Waals surface area contributed by atoms with Gasteiger partial charge in [-0.15, -0.1) is 0 Å². The molecule has 0 aliphatic carbocycles.